The second-order valence-electron chi connectivity index (χ2n) is 6.81. The van der Waals surface area contributed by atoms with Gasteiger partial charge in [0, 0.05) is 32.8 Å². The molecular weight excluding hydrogens is 378 g/mol. The summed E-state index contributed by atoms with van der Waals surface area (Å²) in [6.07, 6.45) is 1.59. The summed E-state index contributed by atoms with van der Waals surface area (Å²) < 4.78 is 11.3. The zero-order valence-electron chi connectivity index (χ0n) is 15.7. The van der Waals surface area contributed by atoms with Crippen molar-refractivity contribution in [2.45, 2.75) is 18.9 Å². The number of carbonyl (C=O) groups is 1. The summed E-state index contributed by atoms with van der Waals surface area (Å²) in [5.41, 5.74) is 0.319. The third kappa shape index (κ3) is 3.99. The van der Waals surface area contributed by atoms with Crippen molar-refractivity contribution in [1.82, 2.24) is 20.3 Å². The van der Waals surface area contributed by atoms with Crippen LogP contribution in [0.5, 0.6) is 5.88 Å². The predicted octanol–water partition coefficient (Wildman–Crippen LogP) is 2.94. The van der Waals surface area contributed by atoms with Crippen LogP contribution in [0.2, 0.25) is 0 Å². The molecule has 1 saturated heterocycles. The second-order valence-corrected chi connectivity index (χ2v) is 7.76. The van der Waals surface area contributed by atoms with Crippen LogP contribution in [0.4, 0.5) is 5.82 Å². The van der Waals surface area contributed by atoms with Gasteiger partial charge in [-0.15, -0.1) is 21.5 Å². The first kappa shape index (κ1) is 18.4. The first-order valence-electron chi connectivity index (χ1n) is 9.08. The van der Waals surface area contributed by atoms with E-state index in [-0.39, 0.29) is 12.0 Å². The first-order chi connectivity index (χ1) is 13.6. The van der Waals surface area contributed by atoms with Gasteiger partial charge in [0.2, 0.25) is 5.88 Å². The average molecular weight is 399 g/mol. The molecule has 3 aromatic heterocycles. The lowest BCUT2D eigenvalue weighted by atomic mass is 10.1. The number of amides is 1. The Morgan fingerprint density at radius 3 is 2.93 bits per heavy atom. The normalized spacial score (nSPS) is 16.8. The fourth-order valence-corrected chi connectivity index (χ4v) is 3.75. The molecule has 1 amide bonds. The van der Waals surface area contributed by atoms with Gasteiger partial charge in [-0.2, -0.15) is 0 Å². The van der Waals surface area contributed by atoms with E-state index >= 15 is 0 Å². The summed E-state index contributed by atoms with van der Waals surface area (Å²) in [4.78, 5) is 17.4. The molecule has 4 heterocycles. The number of carbonyl (C=O) groups excluding carboxylic acids is 1. The molecular formula is C19H21N5O3S. The number of rotatable bonds is 5. The second kappa shape index (κ2) is 7.97. The number of thiophene rings is 1. The summed E-state index contributed by atoms with van der Waals surface area (Å²) in [7, 11) is 3.81. The van der Waals surface area contributed by atoms with Crippen LogP contribution < -0.4 is 9.64 Å². The van der Waals surface area contributed by atoms with Gasteiger partial charge in [0.05, 0.1) is 11.4 Å². The summed E-state index contributed by atoms with van der Waals surface area (Å²) in [6, 6.07) is 9.23. The van der Waals surface area contributed by atoms with E-state index in [1.165, 1.54) is 0 Å². The van der Waals surface area contributed by atoms with Crippen molar-refractivity contribution in [1.29, 1.82) is 0 Å². The molecule has 3 aromatic rings. The fraction of sp³-hybridized carbons (Fsp3) is 0.368. The topological polar surface area (TPSA) is 84.6 Å². The molecule has 0 radical (unpaired) electrons. The zero-order chi connectivity index (χ0) is 19.5. The highest BCUT2D eigenvalue weighted by Crippen LogP contribution is 2.26. The van der Waals surface area contributed by atoms with Gasteiger partial charge in [-0.25, -0.2) is 0 Å². The van der Waals surface area contributed by atoms with Crippen molar-refractivity contribution in [3.05, 3.63) is 41.4 Å². The summed E-state index contributed by atoms with van der Waals surface area (Å²) in [6.45, 7) is 1.16. The van der Waals surface area contributed by atoms with Crippen LogP contribution in [0.3, 0.4) is 0 Å². The van der Waals surface area contributed by atoms with Gasteiger partial charge in [-0.05, 0) is 30.4 Å². The van der Waals surface area contributed by atoms with E-state index in [0.29, 0.717) is 30.4 Å². The van der Waals surface area contributed by atoms with E-state index in [0.717, 1.165) is 23.5 Å². The molecule has 9 heteroatoms. The van der Waals surface area contributed by atoms with Crippen LogP contribution in [-0.2, 0) is 0 Å². The van der Waals surface area contributed by atoms with Crippen LogP contribution in [0.15, 0.2) is 40.2 Å². The molecule has 0 spiro atoms. The molecule has 0 bridgehead atoms. The minimum absolute atomic E-state index is 0.124. The Hall–Kier alpha value is -2.94. The largest absolute Gasteiger partial charge is 0.471 e. The van der Waals surface area contributed by atoms with Crippen molar-refractivity contribution < 1.29 is 14.1 Å². The number of aromatic nitrogens is 3. The Kier molecular flexibility index (Phi) is 5.25. The van der Waals surface area contributed by atoms with Gasteiger partial charge in [0.15, 0.2) is 17.3 Å². The van der Waals surface area contributed by atoms with E-state index in [2.05, 4.69) is 15.4 Å². The van der Waals surface area contributed by atoms with Crippen LogP contribution in [-0.4, -0.2) is 59.4 Å². The minimum atomic E-state index is -0.145. The lowest BCUT2D eigenvalue weighted by molar-refractivity contribution is 0.0517. The number of nitrogens with zero attached hydrogens (tertiary/aromatic N) is 5. The van der Waals surface area contributed by atoms with E-state index in [9.17, 15) is 4.79 Å². The monoisotopic (exact) mass is 399 g/mol. The summed E-state index contributed by atoms with van der Waals surface area (Å²) >= 11 is 1.55. The highest BCUT2D eigenvalue weighted by molar-refractivity contribution is 7.13. The molecule has 4 rings (SSSR count). The van der Waals surface area contributed by atoms with Crippen molar-refractivity contribution in [2.75, 3.05) is 32.1 Å². The third-order valence-electron chi connectivity index (χ3n) is 4.53. The molecule has 146 valence electrons. The molecule has 0 aliphatic carbocycles. The van der Waals surface area contributed by atoms with Gasteiger partial charge < -0.3 is 19.1 Å². The Bertz CT molecular complexity index is 923. The minimum Gasteiger partial charge on any atom is -0.471 e. The maximum atomic E-state index is 12.8. The van der Waals surface area contributed by atoms with Gasteiger partial charge >= 0.3 is 0 Å². The zero-order valence-corrected chi connectivity index (χ0v) is 16.6. The standard InChI is InChI=1S/C19H21N5O3S/c1-23(2)17-7-8-18(21-20-17)26-13-5-3-9-24(12-13)19(25)14-11-15(27-22-14)16-6-4-10-28-16/h4,6-8,10-11,13H,3,5,9,12H2,1-2H3. The SMILES string of the molecule is CN(C)c1ccc(OC2CCCN(C(=O)c3cc(-c4cccs4)on3)C2)nn1. The Labute approximate surface area is 166 Å². The highest BCUT2D eigenvalue weighted by Gasteiger charge is 2.28. The number of ether oxygens (including phenoxy) is 1. The van der Waals surface area contributed by atoms with Gasteiger partial charge in [0.25, 0.3) is 5.91 Å². The number of anilines is 1. The molecule has 8 nitrogen and oxygen atoms in total. The Morgan fingerprint density at radius 2 is 2.21 bits per heavy atom. The van der Waals surface area contributed by atoms with Crippen molar-refractivity contribution in [2.24, 2.45) is 0 Å². The van der Waals surface area contributed by atoms with Gasteiger partial charge in [-0.3, -0.25) is 4.79 Å². The molecule has 0 aromatic carbocycles. The van der Waals surface area contributed by atoms with Crippen molar-refractivity contribution in [3.8, 4) is 16.5 Å². The predicted molar refractivity (Wildman–Crippen MR) is 106 cm³/mol. The lowest BCUT2D eigenvalue weighted by Crippen LogP contribution is -2.44. The van der Waals surface area contributed by atoms with Crippen LogP contribution in [0, 0.1) is 0 Å². The summed E-state index contributed by atoms with van der Waals surface area (Å²) in [5, 5.41) is 14.1. The van der Waals surface area contributed by atoms with Gasteiger partial charge in [-0.1, -0.05) is 11.2 Å². The highest BCUT2D eigenvalue weighted by atomic mass is 32.1. The van der Waals surface area contributed by atoms with Gasteiger partial charge in [0.1, 0.15) is 6.10 Å². The smallest absolute Gasteiger partial charge is 0.276 e. The van der Waals surface area contributed by atoms with E-state index < -0.39 is 0 Å². The Morgan fingerprint density at radius 1 is 1.32 bits per heavy atom. The Balaban J connectivity index is 1.40. The lowest BCUT2D eigenvalue weighted by Gasteiger charge is -2.32. The van der Waals surface area contributed by atoms with Crippen molar-refractivity contribution in [3.63, 3.8) is 0 Å². The fourth-order valence-electron chi connectivity index (χ4n) is 3.08. The van der Waals surface area contributed by atoms with Crippen LogP contribution >= 0.6 is 11.3 Å². The number of piperidine rings is 1. The summed E-state index contributed by atoms with van der Waals surface area (Å²) in [5.74, 6) is 1.69. The van der Waals surface area contributed by atoms with E-state index in [4.69, 9.17) is 9.26 Å². The quantitative estimate of drug-likeness (QED) is 0.652. The molecule has 0 N–H and O–H groups in total. The molecule has 0 saturated carbocycles. The average Bonchev–Trinajstić information content (AvgIpc) is 3.40. The van der Waals surface area contributed by atoms with E-state index in [1.807, 2.05) is 42.6 Å². The number of hydrogen-bond donors (Lipinski definition) is 0. The molecule has 1 atom stereocenters. The maximum absolute atomic E-state index is 12.8. The van der Waals surface area contributed by atoms with Crippen molar-refractivity contribution >= 4 is 23.1 Å². The maximum Gasteiger partial charge on any atom is 0.276 e. The van der Waals surface area contributed by atoms with Crippen LogP contribution in [0.1, 0.15) is 23.3 Å². The van der Waals surface area contributed by atoms with E-state index in [1.54, 1.807) is 28.4 Å². The molecule has 1 unspecified atom stereocenters. The third-order valence-corrected chi connectivity index (χ3v) is 5.41. The number of likely N-dealkylation sites (tertiary alicyclic amines) is 1. The van der Waals surface area contributed by atoms with Crippen LogP contribution in [0.25, 0.3) is 10.6 Å². The molecule has 1 fully saturated rings. The molecule has 28 heavy (non-hydrogen) atoms. The number of hydrogen-bond acceptors (Lipinski definition) is 8. The first-order valence-corrected chi connectivity index (χ1v) is 9.95. The molecule has 1 aliphatic rings. The molecule has 1 aliphatic heterocycles.